The molecule has 0 aliphatic heterocycles. The van der Waals surface area contributed by atoms with Crippen molar-refractivity contribution in [2.75, 3.05) is 5.43 Å². The Morgan fingerprint density at radius 1 is 1.27 bits per heavy atom. The molecular formula is C11H16N2O2. The summed E-state index contributed by atoms with van der Waals surface area (Å²) in [4.78, 5) is 10.3. The first-order valence-corrected chi connectivity index (χ1v) is 4.99. The highest BCUT2D eigenvalue weighted by Gasteiger charge is 1.97. The standard InChI is InChI=1S/C11H16N2O2/c12-13-10-7-5-9(6-8-10)3-1-2-4-11(14)15/h5-8,13H,1-4,12H2,(H,14,15). The molecule has 4 nitrogen and oxygen atoms in total. The highest BCUT2D eigenvalue weighted by molar-refractivity contribution is 5.66. The van der Waals surface area contributed by atoms with Crippen LogP contribution >= 0.6 is 0 Å². The molecule has 1 aromatic rings. The molecule has 0 bridgehead atoms. The second kappa shape index (κ2) is 6.03. The molecular weight excluding hydrogens is 192 g/mol. The van der Waals surface area contributed by atoms with Gasteiger partial charge in [-0.05, 0) is 37.0 Å². The Morgan fingerprint density at radius 3 is 2.47 bits per heavy atom. The monoisotopic (exact) mass is 208 g/mol. The Morgan fingerprint density at radius 2 is 1.93 bits per heavy atom. The zero-order valence-electron chi connectivity index (χ0n) is 8.57. The minimum atomic E-state index is -0.724. The molecule has 0 aromatic heterocycles. The van der Waals surface area contributed by atoms with E-state index < -0.39 is 5.97 Å². The van der Waals surface area contributed by atoms with Crippen LogP contribution in [0.25, 0.3) is 0 Å². The van der Waals surface area contributed by atoms with Crippen molar-refractivity contribution in [2.45, 2.75) is 25.7 Å². The summed E-state index contributed by atoms with van der Waals surface area (Å²) in [6, 6.07) is 7.81. The first-order valence-electron chi connectivity index (χ1n) is 4.99. The van der Waals surface area contributed by atoms with Gasteiger partial charge in [0, 0.05) is 12.1 Å². The lowest BCUT2D eigenvalue weighted by molar-refractivity contribution is -0.137. The molecule has 82 valence electrons. The van der Waals surface area contributed by atoms with E-state index >= 15 is 0 Å². The predicted molar refractivity (Wildman–Crippen MR) is 59.4 cm³/mol. The van der Waals surface area contributed by atoms with Gasteiger partial charge in [0.05, 0.1) is 0 Å². The lowest BCUT2D eigenvalue weighted by Gasteiger charge is -2.02. The molecule has 0 fully saturated rings. The zero-order valence-corrected chi connectivity index (χ0v) is 8.57. The second-order valence-corrected chi connectivity index (χ2v) is 3.44. The maximum atomic E-state index is 10.3. The normalized spacial score (nSPS) is 9.93. The molecule has 0 spiro atoms. The van der Waals surface area contributed by atoms with Crippen molar-refractivity contribution in [1.82, 2.24) is 0 Å². The summed E-state index contributed by atoms with van der Waals surface area (Å²) >= 11 is 0. The Bertz CT molecular complexity index is 309. The van der Waals surface area contributed by atoms with Crippen LogP contribution in [0, 0.1) is 0 Å². The second-order valence-electron chi connectivity index (χ2n) is 3.44. The van der Waals surface area contributed by atoms with Gasteiger partial charge in [0.25, 0.3) is 0 Å². The minimum Gasteiger partial charge on any atom is -0.481 e. The maximum absolute atomic E-state index is 10.3. The number of carboxylic acids is 1. The zero-order chi connectivity index (χ0) is 11.1. The van der Waals surface area contributed by atoms with Gasteiger partial charge in [-0.1, -0.05) is 12.1 Å². The number of rotatable bonds is 6. The number of aryl methyl sites for hydroxylation is 1. The highest BCUT2D eigenvalue weighted by atomic mass is 16.4. The van der Waals surface area contributed by atoms with Gasteiger partial charge in [-0.3, -0.25) is 10.6 Å². The molecule has 4 N–H and O–H groups in total. The Balaban J connectivity index is 2.28. The maximum Gasteiger partial charge on any atom is 0.303 e. The fourth-order valence-electron chi connectivity index (χ4n) is 1.37. The van der Waals surface area contributed by atoms with E-state index in [1.165, 1.54) is 5.56 Å². The lowest BCUT2D eigenvalue weighted by Crippen LogP contribution is -2.06. The van der Waals surface area contributed by atoms with Crippen LogP contribution in [0.15, 0.2) is 24.3 Å². The number of hydrogen-bond donors (Lipinski definition) is 3. The van der Waals surface area contributed by atoms with Crippen LogP contribution in [0.4, 0.5) is 5.69 Å². The van der Waals surface area contributed by atoms with Crippen molar-refractivity contribution >= 4 is 11.7 Å². The molecule has 0 radical (unpaired) electrons. The molecule has 0 unspecified atom stereocenters. The van der Waals surface area contributed by atoms with Crippen molar-refractivity contribution in [2.24, 2.45) is 5.84 Å². The van der Waals surface area contributed by atoms with E-state index in [-0.39, 0.29) is 6.42 Å². The molecule has 4 heteroatoms. The number of hydrogen-bond acceptors (Lipinski definition) is 3. The van der Waals surface area contributed by atoms with Crippen molar-refractivity contribution in [3.05, 3.63) is 29.8 Å². The number of unbranched alkanes of at least 4 members (excludes halogenated alkanes) is 1. The van der Waals surface area contributed by atoms with Crippen molar-refractivity contribution < 1.29 is 9.90 Å². The van der Waals surface area contributed by atoms with Crippen molar-refractivity contribution in [1.29, 1.82) is 0 Å². The SMILES string of the molecule is NNc1ccc(CCCCC(=O)O)cc1. The van der Waals surface area contributed by atoms with Crippen molar-refractivity contribution in [3.8, 4) is 0 Å². The number of carboxylic acid groups (broad SMARTS) is 1. The number of nitrogens with two attached hydrogens (primary N) is 1. The number of hydrazine groups is 1. The number of anilines is 1. The fourth-order valence-corrected chi connectivity index (χ4v) is 1.37. The Labute approximate surface area is 89.1 Å². The van der Waals surface area contributed by atoms with Crippen LogP contribution < -0.4 is 11.3 Å². The van der Waals surface area contributed by atoms with Gasteiger partial charge in [-0.15, -0.1) is 0 Å². The van der Waals surface area contributed by atoms with E-state index in [1.807, 2.05) is 24.3 Å². The number of benzene rings is 1. The first-order chi connectivity index (χ1) is 7.22. The lowest BCUT2D eigenvalue weighted by atomic mass is 10.1. The third-order valence-corrected chi connectivity index (χ3v) is 2.23. The smallest absolute Gasteiger partial charge is 0.303 e. The van der Waals surface area contributed by atoms with Crippen LogP contribution in [0.1, 0.15) is 24.8 Å². The summed E-state index contributed by atoms with van der Waals surface area (Å²) in [5, 5.41) is 8.46. The molecule has 0 saturated heterocycles. The van der Waals surface area contributed by atoms with Crippen LogP contribution in [-0.4, -0.2) is 11.1 Å². The minimum absolute atomic E-state index is 0.252. The molecule has 0 aliphatic rings. The molecule has 15 heavy (non-hydrogen) atoms. The van der Waals surface area contributed by atoms with Gasteiger partial charge >= 0.3 is 5.97 Å². The van der Waals surface area contributed by atoms with E-state index in [4.69, 9.17) is 10.9 Å². The first kappa shape index (κ1) is 11.5. The van der Waals surface area contributed by atoms with E-state index in [9.17, 15) is 4.79 Å². The van der Waals surface area contributed by atoms with Crippen LogP contribution in [0.2, 0.25) is 0 Å². The number of nitrogens with one attached hydrogen (secondary N) is 1. The number of nitrogen functional groups attached to an aromatic ring is 1. The summed E-state index contributed by atoms with van der Waals surface area (Å²) in [5.41, 5.74) is 4.65. The van der Waals surface area contributed by atoms with Crippen LogP contribution in [-0.2, 0) is 11.2 Å². The highest BCUT2D eigenvalue weighted by Crippen LogP contribution is 2.11. The van der Waals surface area contributed by atoms with Crippen LogP contribution in [0.3, 0.4) is 0 Å². The molecule has 1 rings (SSSR count). The van der Waals surface area contributed by atoms with E-state index in [0.717, 1.165) is 24.9 Å². The summed E-state index contributed by atoms with van der Waals surface area (Å²) < 4.78 is 0. The average Bonchev–Trinajstić information content (AvgIpc) is 2.25. The predicted octanol–water partition coefficient (Wildman–Crippen LogP) is 1.77. The number of aliphatic carboxylic acids is 1. The molecule has 0 amide bonds. The van der Waals surface area contributed by atoms with Crippen molar-refractivity contribution in [3.63, 3.8) is 0 Å². The quantitative estimate of drug-likeness (QED) is 0.378. The van der Waals surface area contributed by atoms with E-state index in [0.29, 0.717) is 0 Å². The summed E-state index contributed by atoms with van der Waals surface area (Å²) in [6.45, 7) is 0. The topological polar surface area (TPSA) is 75.3 Å². The Kier molecular flexibility index (Phi) is 4.63. The largest absolute Gasteiger partial charge is 0.481 e. The van der Waals surface area contributed by atoms with Gasteiger partial charge in [-0.2, -0.15) is 0 Å². The molecule has 1 aromatic carbocycles. The Hall–Kier alpha value is -1.55. The molecule has 0 heterocycles. The molecule has 0 atom stereocenters. The molecule has 0 aliphatic carbocycles. The molecule has 0 saturated carbocycles. The van der Waals surface area contributed by atoms with E-state index in [1.54, 1.807) is 0 Å². The third-order valence-electron chi connectivity index (χ3n) is 2.23. The third kappa shape index (κ3) is 4.46. The van der Waals surface area contributed by atoms with Gasteiger partial charge in [-0.25, -0.2) is 0 Å². The summed E-state index contributed by atoms with van der Waals surface area (Å²) in [6.07, 6.45) is 2.80. The van der Waals surface area contributed by atoms with Crippen LogP contribution in [0.5, 0.6) is 0 Å². The van der Waals surface area contributed by atoms with Gasteiger partial charge < -0.3 is 10.5 Å². The van der Waals surface area contributed by atoms with Gasteiger partial charge in [0.1, 0.15) is 0 Å². The summed E-state index contributed by atoms with van der Waals surface area (Å²) in [5.74, 6) is 4.52. The number of carbonyl (C=O) groups is 1. The van der Waals surface area contributed by atoms with Gasteiger partial charge in [0.2, 0.25) is 0 Å². The average molecular weight is 208 g/mol. The fraction of sp³-hybridized carbons (Fsp3) is 0.364. The van der Waals surface area contributed by atoms with Gasteiger partial charge in [0.15, 0.2) is 0 Å². The van der Waals surface area contributed by atoms with E-state index in [2.05, 4.69) is 5.43 Å². The summed E-state index contributed by atoms with van der Waals surface area (Å²) in [7, 11) is 0.